The van der Waals surface area contributed by atoms with Gasteiger partial charge in [-0.1, -0.05) is 24.3 Å². The molecule has 0 fully saturated rings. The fourth-order valence-corrected chi connectivity index (χ4v) is 3.46. The number of nitrogens with zero attached hydrogens (tertiary/aromatic N) is 4. The summed E-state index contributed by atoms with van der Waals surface area (Å²) in [6, 6.07) is 13.7. The SMILES string of the molecule is Cn1c(=O)n(CC=O)c(=O)c2ccccc21.Cn1c(=O)n(CCO)c(=O)c2ccccc21. The number of aliphatic hydroxyl groups is 1. The van der Waals surface area contributed by atoms with E-state index < -0.39 is 16.9 Å². The van der Waals surface area contributed by atoms with Crippen LogP contribution in [0.5, 0.6) is 0 Å². The summed E-state index contributed by atoms with van der Waals surface area (Å²) >= 11 is 0. The number of carbonyl (C=O) groups excluding carboxylic acids is 1. The Morgan fingerprint density at radius 2 is 1.19 bits per heavy atom. The summed E-state index contributed by atoms with van der Waals surface area (Å²) in [6.07, 6.45) is 0.539. The van der Waals surface area contributed by atoms with Crippen molar-refractivity contribution in [2.45, 2.75) is 13.1 Å². The summed E-state index contributed by atoms with van der Waals surface area (Å²) in [4.78, 5) is 57.8. The summed E-state index contributed by atoms with van der Waals surface area (Å²) in [5.41, 5.74) is -0.488. The zero-order chi connectivity index (χ0) is 23.4. The number of fused-ring (bicyclic) bond motifs is 2. The maximum Gasteiger partial charge on any atom is 0.331 e. The maximum absolute atomic E-state index is 11.9. The number of para-hydroxylation sites is 2. The fraction of sp³-hybridized carbons (Fsp3) is 0.227. The first-order valence-electron chi connectivity index (χ1n) is 9.75. The van der Waals surface area contributed by atoms with Gasteiger partial charge in [0, 0.05) is 14.1 Å². The van der Waals surface area contributed by atoms with Crippen molar-refractivity contribution in [1.29, 1.82) is 0 Å². The molecule has 2 aromatic heterocycles. The van der Waals surface area contributed by atoms with Crippen LogP contribution in [0.3, 0.4) is 0 Å². The fourth-order valence-electron chi connectivity index (χ4n) is 3.46. The molecule has 0 bridgehead atoms. The molecule has 166 valence electrons. The maximum atomic E-state index is 11.9. The molecule has 0 saturated heterocycles. The van der Waals surface area contributed by atoms with Crippen molar-refractivity contribution in [3.63, 3.8) is 0 Å². The van der Waals surface area contributed by atoms with Crippen LogP contribution in [0, 0.1) is 0 Å². The van der Waals surface area contributed by atoms with Crippen molar-refractivity contribution < 1.29 is 9.90 Å². The monoisotopic (exact) mass is 438 g/mol. The lowest BCUT2D eigenvalue weighted by molar-refractivity contribution is -0.108. The summed E-state index contributed by atoms with van der Waals surface area (Å²) in [5.74, 6) is 0. The number of hydrogen-bond acceptors (Lipinski definition) is 6. The number of aryl methyl sites for hydroxylation is 2. The van der Waals surface area contributed by atoms with Crippen LogP contribution >= 0.6 is 0 Å². The van der Waals surface area contributed by atoms with Crippen LogP contribution in [-0.2, 0) is 32.0 Å². The predicted molar refractivity (Wildman–Crippen MR) is 120 cm³/mol. The highest BCUT2D eigenvalue weighted by Gasteiger charge is 2.10. The van der Waals surface area contributed by atoms with E-state index in [4.69, 9.17) is 5.11 Å². The highest BCUT2D eigenvalue weighted by Crippen LogP contribution is 2.06. The zero-order valence-electron chi connectivity index (χ0n) is 17.6. The minimum absolute atomic E-state index is 0.0241. The molecule has 0 aliphatic carbocycles. The molecule has 2 heterocycles. The van der Waals surface area contributed by atoms with Gasteiger partial charge in [0.05, 0.1) is 41.5 Å². The molecule has 0 aliphatic rings. The number of aldehydes is 1. The molecular formula is C22H22N4O6. The van der Waals surface area contributed by atoms with E-state index in [-0.39, 0.29) is 25.3 Å². The van der Waals surface area contributed by atoms with Crippen LogP contribution in [0.15, 0.2) is 67.7 Å². The highest BCUT2D eigenvalue weighted by atomic mass is 16.3. The minimum Gasteiger partial charge on any atom is -0.395 e. The Morgan fingerprint density at radius 1 is 0.750 bits per heavy atom. The lowest BCUT2D eigenvalue weighted by Crippen LogP contribution is -2.39. The average molecular weight is 438 g/mol. The number of benzene rings is 2. The molecule has 0 atom stereocenters. The molecule has 4 aromatic rings. The molecule has 2 aromatic carbocycles. The molecule has 0 amide bonds. The molecule has 32 heavy (non-hydrogen) atoms. The molecule has 0 spiro atoms. The Kier molecular flexibility index (Phi) is 6.64. The van der Waals surface area contributed by atoms with Crippen molar-refractivity contribution in [2.75, 3.05) is 6.61 Å². The predicted octanol–water partition coefficient (Wildman–Crippen LogP) is -0.408. The van der Waals surface area contributed by atoms with Crippen molar-refractivity contribution in [1.82, 2.24) is 18.3 Å². The van der Waals surface area contributed by atoms with E-state index >= 15 is 0 Å². The second-order valence-electron chi connectivity index (χ2n) is 6.98. The van der Waals surface area contributed by atoms with Crippen LogP contribution in [0.2, 0.25) is 0 Å². The van der Waals surface area contributed by atoms with Gasteiger partial charge in [-0.3, -0.25) is 27.9 Å². The van der Waals surface area contributed by atoms with Gasteiger partial charge >= 0.3 is 11.4 Å². The molecule has 1 N–H and O–H groups in total. The number of hydrogen-bond donors (Lipinski definition) is 1. The van der Waals surface area contributed by atoms with Crippen LogP contribution in [0.4, 0.5) is 0 Å². The van der Waals surface area contributed by atoms with Gasteiger partial charge in [0.2, 0.25) is 0 Å². The van der Waals surface area contributed by atoms with Gasteiger partial charge in [-0.05, 0) is 24.3 Å². The molecule has 0 radical (unpaired) electrons. The molecule has 0 aliphatic heterocycles. The summed E-state index contributed by atoms with van der Waals surface area (Å²) in [6.45, 7) is -0.416. The standard InChI is InChI=1S/C11H12N2O3.C11H10N2O3/c2*1-12-9-5-3-2-4-8(9)10(15)13(6-7-14)11(12)16/h2-5,14H,6-7H2,1H3;2-5,7H,6H2,1H3. The van der Waals surface area contributed by atoms with E-state index in [9.17, 15) is 24.0 Å². The van der Waals surface area contributed by atoms with Crippen LogP contribution < -0.4 is 22.5 Å². The molecule has 4 rings (SSSR count). The molecule has 0 unspecified atom stereocenters. The molecule has 10 heteroatoms. The lowest BCUT2D eigenvalue weighted by Gasteiger charge is -2.08. The van der Waals surface area contributed by atoms with Crippen molar-refractivity contribution in [3.05, 3.63) is 90.2 Å². The van der Waals surface area contributed by atoms with Gasteiger partial charge in [0.1, 0.15) is 6.29 Å². The average Bonchev–Trinajstić information content (AvgIpc) is 2.82. The largest absolute Gasteiger partial charge is 0.395 e. The van der Waals surface area contributed by atoms with E-state index in [2.05, 4.69) is 0 Å². The number of aliphatic hydroxyl groups excluding tert-OH is 1. The Balaban J connectivity index is 0.000000181. The second-order valence-corrected chi connectivity index (χ2v) is 6.98. The van der Waals surface area contributed by atoms with Crippen molar-refractivity contribution in [3.8, 4) is 0 Å². The Hall–Kier alpha value is -4.05. The summed E-state index contributed by atoms with van der Waals surface area (Å²) < 4.78 is 4.74. The van der Waals surface area contributed by atoms with Gasteiger partial charge in [-0.2, -0.15) is 0 Å². The van der Waals surface area contributed by atoms with Gasteiger partial charge in [-0.25, -0.2) is 9.59 Å². The van der Waals surface area contributed by atoms with E-state index in [0.717, 1.165) is 9.13 Å². The summed E-state index contributed by atoms with van der Waals surface area (Å²) in [7, 11) is 3.18. The van der Waals surface area contributed by atoms with E-state index in [1.54, 1.807) is 62.6 Å². The Morgan fingerprint density at radius 3 is 1.66 bits per heavy atom. The molecule has 0 saturated carbocycles. The first-order chi connectivity index (χ1) is 15.3. The van der Waals surface area contributed by atoms with Crippen molar-refractivity contribution >= 4 is 28.1 Å². The lowest BCUT2D eigenvalue weighted by atomic mass is 10.2. The zero-order valence-corrected chi connectivity index (χ0v) is 17.6. The molecular weight excluding hydrogens is 416 g/mol. The first-order valence-corrected chi connectivity index (χ1v) is 9.75. The van der Waals surface area contributed by atoms with E-state index in [1.165, 1.54) is 9.13 Å². The second kappa shape index (κ2) is 9.40. The van der Waals surface area contributed by atoms with Crippen molar-refractivity contribution in [2.24, 2.45) is 14.1 Å². The highest BCUT2D eigenvalue weighted by molar-refractivity contribution is 5.78. The van der Waals surface area contributed by atoms with Crippen LogP contribution in [0.25, 0.3) is 21.8 Å². The topological polar surface area (TPSA) is 125 Å². The van der Waals surface area contributed by atoms with Crippen LogP contribution in [0.1, 0.15) is 0 Å². The smallest absolute Gasteiger partial charge is 0.331 e. The summed E-state index contributed by atoms with van der Waals surface area (Å²) in [5, 5.41) is 9.74. The quantitative estimate of drug-likeness (QED) is 0.432. The normalized spacial score (nSPS) is 10.7. The van der Waals surface area contributed by atoms with Gasteiger partial charge < -0.3 is 9.90 Å². The van der Waals surface area contributed by atoms with E-state index in [1.807, 2.05) is 0 Å². The van der Waals surface area contributed by atoms with Gasteiger partial charge in [0.15, 0.2) is 0 Å². The van der Waals surface area contributed by atoms with Crippen LogP contribution in [-0.4, -0.2) is 36.3 Å². The third kappa shape index (κ3) is 3.95. The van der Waals surface area contributed by atoms with Gasteiger partial charge in [0.25, 0.3) is 11.1 Å². The number of rotatable bonds is 4. The number of carbonyl (C=O) groups is 1. The Labute approximate surface area is 180 Å². The third-order valence-corrected chi connectivity index (χ3v) is 5.10. The number of aromatic nitrogens is 4. The third-order valence-electron chi connectivity index (χ3n) is 5.10. The Bertz CT molecular complexity index is 1540. The minimum atomic E-state index is -0.476. The van der Waals surface area contributed by atoms with Gasteiger partial charge in [-0.15, -0.1) is 0 Å². The first kappa shape index (κ1) is 22.6. The molecule has 10 nitrogen and oxygen atoms in total. The van der Waals surface area contributed by atoms with E-state index in [0.29, 0.717) is 28.1 Å².